The van der Waals surface area contributed by atoms with Crippen LogP contribution in [-0.2, 0) is 6.42 Å². The summed E-state index contributed by atoms with van der Waals surface area (Å²) in [5, 5.41) is 3.86. The van der Waals surface area contributed by atoms with Gasteiger partial charge in [-0.3, -0.25) is 4.98 Å². The molecule has 0 aliphatic rings. The van der Waals surface area contributed by atoms with E-state index in [1.165, 1.54) is 0 Å². The van der Waals surface area contributed by atoms with Crippen molar-refractivity contribution < 1.29 is 4.42 Å². The summed E-state index contributed by atoms with van der Waals surface area (Å²) in [6, 6.07) is 7.75. The summed E-state index contributed by atoms with van der Waals surface area (Å²) in [7, 11) is 1.91. The van der Waals surface area contributed by atoms with Crippen LogP contribution in [0.25, 0.3) is 0 Å². The Kier molecular flexibility index (Phi) is 3.59. The van der Waals surface area contributed by atoms with Crippen LogP contribution in [0.4, 0.5) is 0 Å². The molecule has 0 spiro atoms. The summed E-state index contributed by atoms with van der Waals surface area (Å²) < 4.78 is 5.32. The molecule has 2 rings (SSSR count). The number of pyridine rings is 1. The maximum atomic E-state index is 5.80. The predicted molar refractivity (Wildman–Crippen MR) is 63.5 cm³/mol. The van der Waals surface area contributed by atoms with Gasteiger partial charge in [0, 0.05) is 12.6 Å². The van der Waals surface area contributed by atoms with Crippen LogP contribution in [0.2, 0.25) is 5.02 Å². The molecule has 0 bridgehead atoms. The fourth-order valence-electron chi connectivity index (χ4n) is 1.58. The molecule has 0 saturated carbocycles. The van der Waals surface area contributed by atoms with Gasteiger partial charge in [0.2, 0.25) is 0 Å². The zero-order valence-corrected chi connectivity index (χ0v) is 9.74. The molecule has 2 aromatic rings. The van der Waals surface area contributed by atoms with E-state index in [1.807, 2.05) is 31.3 Å². The molecule has 2 aromatic heterocycles. The van der Waals surface area contributed by atoms with Gasteiger partial charge in [-0.15, -0.1) is 0 Å². The molecule has 0 fully saturated rings. The number of nitrogens with one attached hydrogen (secondary N) is 1. The molecule has 0 aliphatic carbocycles. The van der Waals surface area contributed by atoms with Crippen LogP contribution in [-0.4, -0.2) is 12.0 Å². The maximum Gasteiger partial charge on any atom is 0.105 e. The quantitative estimate of drug-likeness (QED) is 0.887. The van der Waals surface area contributed by atoms with Gasteiger partial charge in [-0.25, -0.2) is 0 Å². The van der Waals surface area contributed by atoms with Gasteiger partial charge < -0.3 is 9.73 Å². The van der Waals surface area contributed by atoms with E-state index in [2.05, 4.69) is 10.3 Å². The lowest BCUT2D eigenvalue weighted by molar-refractivity contribution is 0.461. The van der Waals surface area contributed by atoms with Gasteiger partial charge in [-0.1, -0.05) is 11.6 Å². The molecule has 1 atom stereocenters. The Bertz CT molecular complexity index is 425. The van der Waals surface area contributed by atoms with Crippen LogP contribution in [0, 0.1) is 0 Å². The molecule has 0 radical (unpaired) electrons. The van der Waals surface area contributed by atoms with Crippen molar-refractivity contribution in [2.75, 3.05) is 7.05 Å². The number of rotatable bonds is 4. The Morgan fingerprint density at radius 2 is 2.31 bits per heavy atom. The van der Waals surface area contributed by atoms with Crippen molar-refractivity contribution in [3.05, 3.63) is 53.2 Å². The minimum Gasteiger partial charge on any atom is -0.469 e. The first-order valence-electron chi connectivity index (χ1n) is 5.10. The van der Waals surface area contributed by atoms with Crippen LogP contribution in [0.15, 0.2) is 41.1 Å². The molecular weight excluding hydrogens is 224 g/mol. The third kappa shape index (κ3) is 2.62. The Balaban J connectivity index is 2.13. The highest BCUT2D eigenvalue weighted by molar-refractivity contribution is 6.30. The Morgan fingerprint density at radius 1 is 1.44 bits per heavy atom. The minimum absolute atomic E-state index is 0.142. The second kappa shape index (κ2) is 5.14. The van der Waals surface area contributed by atoms with Gasteiger partial charge in [-0.05, 0) is 31.3 Å². The molecule has 84 valence electrons. The van der Waals surface area contributed by atoms with E-state index in [1.54, 1.807) is 12.5 Å². The largest absolute Gasteiger partial charge is 0.469 e. The molecular formula is C12H13ClN2O. The van der Waals surface area contributed by atoms with E-state index >= 15 is 0 Å². The zero-order valence-electron chi connectivity index (χ0n) is 8.98. The van der Waals surface area contributed by atoms with Crippen LogP contribution >= 0.6 is 11.6 Å². The van der Waals surface area contributed by atoms with Gasteiger partial charge in [0.05, 0.1) is 23.0 Å². The van der Waals surface area contributed by atoms with E-state index in [0.29, 0.717) is 5.02 Å². The normalized spacial score (nSPS) is 12.6. The van der Waals surface area contributed by atoms with Crippen molar-refractivity contribution in [1.29, 1.82) is 0 Å². The van der Waals surface area contributed by atoms with Crippen LogP contribution in [0.3, 0.4) is 0 Å². The molecule has 1 N–H and O–H groups in total. The summed E-state index contributed by atoms with van der Waals surface area (Å²) in [6.45, 7) is 0. The Labute approximate surface area is 99.5 Å². The second-order valence-corrected chi connectivity index (χ2v) is 3.96. The van der Waals surface area contributed by atoms with E-state index in [9.17, 15) is 0 Å². The predicted octanol–water partition coefficient (Wildman–Crippen LogP) is 2.83. The molecule has 1 unspecified atom stereocenters. The summed E-state index contributed by atoms with van der Waals surface area (Å²) in [5.74, 6) is 0.941. The number of hydrogen-bond acceptors (Lipinski definition) is 3. The van der Waals surface area contributed by atoms with Crippen molar-refractivity contribution >= 4 is 11.6 Å². The van der Waals surface area contributed by atoms with Crippen molar-refractivity contribution in [2.45, 2.75) is 12.5 Å². The third-order valence-electron chi connectivity index (χ3n) is 2.44. The SMILES string of the molecule is CNC(Cc1ccco1)c1ccc(Cl)cn1. The highest BCUT2D eigenvalue weighted by atomic mass is 35.5. The van der Waals surface area contributed by atoms with Gasteiger partial charge >= 0.3 is 0 Å². The number of nitrogens with zero attached hydrogens (tertiary/aromatic N) is 1. The topological polar surface area (TPSA) is 38.1 Å². The molecule has 4 heteroatoms. The van der Waals surface area contributed by atoms with E-state index in [4.69, 9.17) is 16.0 Å². The van der Waals surface area contributed by atoms with E-state index < -0.39 is 0 Å². The second-order valence-electron chi connectivity index (χ2n) is 3.53. The summed E-state index contributed by atoms with van der Waals surface area (Å²) in [6.07, 6.45) is 4.11. The first-order chi connectivity index (χ1) is 7.79. The average Bonchev–Trinajstić information content (AvgIpc) is 2.80. The van der Waals surface area contributed by atoms with E-state index in [-0.39, 0.29) is 6.04 Å². The molecule has 16 heavy (non-hydrogen) atoms. The first kappa shape index (κ1) is 11.2. The molecule has 2 heterocycles. The van der Waals surface area contributed by atoms with Gasteiger partial charge in [0.25, 0.3) is 0 Å². The number of aromatic nitrogens is 1. The summed E-state index contributed by atoms with van der Waals surface area (Å²) >= 11 is 5.80. The van der Waals surface area contributed by atoms with Gasteiger partial charge in [-0.2, -0.15) is 0 Å². The lowest BCUT2D eigenvalue weighted by atomic mass is 10.1. The van der Waals surface area contributed by atoms with Crippen molar-refractivity contribution in [3.63, 3.8) is 0 Å². The van der Waals surface area contributed by atoms with Crippen molar-refractivity contribution in [2.24, 2.45) is 0 Å². The number of likely N-dealkylation sites (N-methyl/N-ethyl adjacent to an activating group) is 1. The lowest BCUT2D eigenvalue weighted by Crippen LogP contribution is -2.19. The van der Waals surface area contributed by atoms with Gasteiger partial charge in [0.1, 0.15) is 5.76 Å². The molecule has 3 nitrogen and oxygen atoms in total. The fourth-order valence-corrected chi connectivity index (χ4v) is 1.69. The highest BCUT2D eigenvalue weighted by Gasteiger charge is 2.12. The average molecular weight is 237 g/mol. The number of halogens is 1. The minimum atomic E-state index is 0.142. The van der Waals surface area contributed by atoms with E-state index in [0.717, 1.165) is 17.9 Å². The molecule has 0 aliphatic heterocycles. The molecule has 0 aromatic carbocycles. The monoisotopic (exact) mass is 236 g/mol. The maximum absolute atomic E-state index is 5.80. The standard InChI is InChI=1S/C12H13ClN2O/c1-14-12(7-10-3-2-6-16-10)11-5-4-9(13)8-15-11/h2-6,8,12,14H,7H2,1H3. The number of furan rings is 1. The zero-order chi connectivity index (χ0) is 11.4. The number of hydrogen-bond donors (Lipinski definition) is 1. The van der Waals surface area contributed by atoms with Gasteiger partial charge in [0.15, 0.2) is 0 Å². The molecule has 0 saturated heterocycles. The smallest absolute Gasteiger partial charge is 0.105 e. The third-order valence-corrected chi connectivity index (χ3v) is 2.66. The van der Waals surface area contributed by atoms with Crippen LogP contribution in [0.1, 0.15) is 17.5 Å². The van der Waals surface area contributed by atoms with Crippen LogP contribution in [0.5, 0.6) is 0 Å². The lowest BCUT2D eigenvalue weighted by Gasteiger charge is -2.13. The summed E-state index contributed by atoms with van der Waals surface area (Å²) in [4.78, 5) is 4.29. The highest BCUT2D eigenvalue weighted by Crippen LogP contribution is 2.17. The Morgan fingerprint density at radius 3 is 2.88 bits per heavy atom. The van der Waals surface area contributed by atoms with Crippen LogP contribution < -0.4 is 5.32 Å². The summed E-state index contributed by atoms with van der Waals surface area (Å²) in [5.41, 5.74) is 0.961. The Hall–Kier alpha value is -1.32. The first-order valence-corrected chi connectivity index (χ1v) is 5.48. The van der Waals surface area contributed by atoms with Crippen molar-refractivity contribution in [3.8, 4) is 0 Å². The van der Waals surface area contributed by atoms with Crippen molar-refractivity contribution in [1.82, 2.24) is 10.3 Å². The fraction of sp³-hybridized carbons (Fsp3) is 0.250. The molecule has 0 amide bonds.